The van der Waals surface area contributed by atoms with Crippen LogP contribution in [0.3, 0.4) is 0 Å². The van der Waals surface area contributed by atoms with Crippen molar-refractivity contribution in [2.24, 2.45) is 0 Å². The molecule has 0 aliphatic carbocycles. The first kappa shape index (κ1) is 15.3. The quantitative estimate of drug-likeness (QED) is 0.881. The fourth-order valence-corrected chi connectivity index (χ4v) is 1.76. The summed E-state index contributed by atoms with van der Waals surface area (Å²) in [5.74, 6) is 1.00. The van der Waals surface area contributed by atoms with E-state index in [1.165, 1.54) is 0 Å². The molecular formula is C14H17ClN4O2. The van der Waals surface area contributed by atoms with Crippen LogP contribution in [0.4, 0.5) is 5.95 Å². The summed E-state index contributed by atoms with van der Waals surface area (Å²) in [5, 5.41) is 3.60. The van der Waals surface area contributed by atoms with Gasteiger partial charge in [-0.25, -0.2) is 0 Å². The lowest BCUT2D eigenvalue weighted by Crippen LogP contribution is -2.07. The minimum atomic E-state index is 0.162. The molecule has 0 saturated carbocycles. The third-order valence-corrected chi connectivity index (χ3v) is 2.79. The van der Waals surface area contributed by atoms with E-state index >= 15 is 0 Å². The zero-order valence-corrected chi connectivity index (χ0v) is 12.9. The Hall–Kier alpha value is -2.08. The van der Waals surface area contributed by atoms with Gasteiger partial charge in [-0.3, -0.25) is 0 Å². The molecule has 1 heterocycles. The molecule has 0 spiro atoms. The van der Waals surface area contributed by atoms with E-state index in [2.05, 4.69) is 20.3 Å². The van der Waals surface area contributed by atoms with Crippen LogP contribution in [0, 0.1) is 6.92 Å². The second-order valence-electron chi connectivity index (χ2n) is 4.20. The Morgan fingerprint density at radius 2 is 1.90 bits per heavy atom. The van der Waals surface area contributed by atoms with Crippen molar-refractivity contribution in [2.75, 3.05) is 18.5 Å². The molecule has 0 fully saturated rings. The molecule has 0 atom stereocenters. The van der Waals surface area contributed by atoms with Gasteiger partial charge in [-0.05, 0) is 38.5 Å². The van der Waals surface area contributed by atoms with Crippen LogP contribution in [0.2, 0.25) is 5.02 Å². The smallest absolute Gasteiger partial charge is 0.330 e. The molecule has 0 aliphatic heterocycles. The number of hydrogen-bond donors (Lipinski definition) is 1. The number of ether oxygens (including phenoxy) is 2. The molecule has 0 unspecified atom stereocenters. The molecule has 2 aromatic rings. The highest BCUT2D eigenvalue weighted by molar-refractivity contribution is 6.30. The highest BCUT2D eigenvalue weighted by Crippen LogP contribution is 2.27. The van der Waals surface area contributed by atoms with Gasteiger partial charge in [0, 0.05) is 11.6 Å². The van der Waals surface area contributed by atoms with Crippen LogP contribution in [0.5, 0.6) is 17.8 Å². The summed E-state index contributed by atoms with van der Waals surface area (Å²) in [6.45, 7) is 6.88. The fraction of sp³-hybridized carbons (Fsp3) is 0.357. The fourth-order valence-electron chi connectivity index (χ4n) is 1.60. The number of aromatic nitrogens is 3. The van der Waals surface area contributed by atoms with E-state index in [0.29, 0.717) is 29.9 Å². The van der Waals surface area contributed by atoms with Crippen molar-refractivity contribution < 1.29 is 9.47 Å². The lowest BCUT2D eigenvalue weighted by atomic mass is 10.2. The average Bonchev–Trinajstić information content (AvgIpc) is 2.43. The Bertz CT molecular complexity index is 598. The van der Waals surface area contributed by atoms with Crippen LogP contribution < -0.4 is 14.8 Å². The predicted octanol–water partition coefficient (Wildman–Crippen LogP) is 3.46. The number of aryl methyl sites for hydroxylation is 1. The van der Waals surface area contributed by atoms with Crippen molar-refractivity contribution in [2.45, 2.75) is 20.8 Å². The van der Waals surface area contributed by atoms with E-state index in [9.17, 15) is 0 Å². The summed E-state index contributed by atoms with van der Waals surface area (Å²) < 4.78 is 11.0. The Morgan fingerprint density at radius 3 is 2.62 bits per heavy atom. The van der Waals surface area contributed by atoms with Crippen LogP contribution in [-0.2, 0) is 0 Å². The van der Waals surface area contributed by atoms with Gasteiger partial charge in [-0.15, -0.1) is 4.98 Å². The predicted molar refractivity (Wildman–Crippen MR) is 81.4 cm³/mol. The van der Waals surface area contributed by atoms with Crippen molar-refractivity contribution >= 4 is 17.5 Å². The average molecular weight is 309 g/mol. The standard InChI is InChI=1S/C14H17ClN4O2/c1-4-16-12-17-13(20-5-2)19-14(18-12)21-11-8-10(15)7-6-9(11)3/h6-8H,4-5H2,1-3H3,(H,16,17,18,19). The van der Waals surface area contributed by atoms with Gasteiger partial charge in [-0.2, -0.15) is 9.97 Å². The van der Waals surface area contributed by atoms with E-state index in [1.54, 1.807) is 12.1 Å². The maximum Gasteiger partial charge on any atom is 0.330 e. The molecule has 1 aromatic heterocycles. The maximum atomic E-state index is 5.97. The lowest BCUT2D eigenvalue weighted by Gasteiger charge is -2.10. The molecule has 21 heavy (non-hydrogen) atoms. The number of benzene rings is 1. The number of hydrogen-bond acceptors (Lipinski definition) is 6. The Labute approximate surface area is 128 Å². The SMILES string of the molecule is CCNc1nc(OCC)nc(Oc2cc(Cl)ccc2C)n1. The Balaban J connectivity index is 2.31. The van der Waals surface area contributed by atoms with E-state index in [1.807, 2.05) is 26.8 Å². The monoisotopic (exact) mass is 308 g/mol. The number of nitrogens with zero attached hydrogens (tertiary/aromatic N) is 3. The molecule has 0 bridgehead atoms. The maximum absolute atomic E-state index is 5.97. The van der Waals surface area contributed by atoms with Gasteiger partial charge in [0.05, 0.1) is 6.61 Å². The van der Waals surface area contributed by atoms with Crippen LogP contribution >= 0.6 is 11.6 Å². The van der Waals surface area contributed by atoms with Gasteiger partial charge in [0.15, 0.2) is 0 Å². The van der Waals surface area contributed by atoms with E-state index in [4.69, 9.17) is 21.1 Å². The zero-order chi connectivity index (χ0) is 15.2. The van der Waals surface area contributed by atoms with Crippen molar-refractivity contribution in [3.05, 3.63) is 28.8 Å². The normalized spacial score (nSPS) is 10.3. The molecule has 1 aromatic carbocycles. The van der Waals surface area contributed by atoms with E-state index < -0.39 is 0 Å². The van der Waals surface area contributed by atoms with Crippen LogP contribution in [0.25, 0.3) is 0 Å². The number of rotatable bonds is 6. The largest absolute Gasteiger partial charge is 0.464 e. The summed E-state index contributed by atoms with van der Waals surface area (Å²) in [6.07, 6.45) is 0. The first-order valence-corrected chi connectivity index (χ1v) is 7.07. The molecule has 0 saturated heterocycles. The lowest BCUT2D eigenvalue weighted by molar-refractivity contribution is 0.303. The van der Waals surface area contributed by atoms with Crippen molar-refractivity contribution in [3.8, 4) is 17.8 Å². The molecule has 1 N–H and O–H groups in total. The highest BCUT2D eigenvalue weighted by Gasteiger charge is 2.10. The summed E-state index contributed by atoms with van der Waals surface area (Å²) in [5.41, 5.74) is 0.933. The topological polar surface area (TPSA) is 69.2 Å². The van der Waals surface area contributed by atoms with E-state index in [0.717, 1.165) is 5.56 Å². The van der Waals surface area contributed by atoms with Crippen LogP contribution in [-0.4, -0.2) is 28.1 Å². The van der Waals surface area contributed by atoms with Gasteiger partial charge >= 0.3 is 12.0 Å². The Morgan fingerprint density at radius 1 is 1.14 bits per heavy atom. The van der Waals surface area contributed by atoms with Gasteiger partial charge in [0.25, 0.3) is 0 Å². The van der Waals surface area contributed by atoms with Gasteiger partial charge < -0.3 is 14.8 Å². The zero-order valence-electron chi connectivity index (χ0n) is 12.2. The molecule has 2 rings (SSSR count). The molecule has 112 valence electrons. The van der Waals surface area contributed by atoms with Gasteiger partial charge in [-0.1, -0.05) is 17.7 Å². The third kappa shape index (κ3) is 4.19. The number of nitrogens with one attached hydrogen (secondary N) is 1. The van der Waals surface area contributed by atoms with Crippen molar-refractivity contribution in [1.29, 1.82) is 0 Å². The first-order valence-electron chi connectivity index (χ1n) is 6.69. The summed E-state index contributed by atoms with van der Waals surface area (Å²) >= 11 is 5.97. The molecule has 0 aliphatic rings. The molecule has 7 heteroatoms. The minimum absolute atomic E-state index is 0.162. The minimum Gasteiger partial charge on any atom is -0.464 e. The van der Waals surface area contributed by atoms with Gasteiger partial charge in [0.1, 0.15) is 5.75 Å². The van der Waals surface area contributed by atoms with Crippen molar-refractivity contribution in [1.82, 2.24) is 15.0 Å². The first-order chi connectivity index (χ1) is 10.1. The molecule has 0 radical (unpaired) electrons. The summed E-state index contributed by atoms with van der Waals surface area (Å²) in [4.78, 5) is 12.4. The summed E-state index contributed by atoms with van der Waals surface area (Å²) in [6, 6.07) is 5.77. The molecule has 0 amide bonds. The van der Waals surface area contributed by atoms with Crippen molar-refractivity contribution in [3.63, 3.8) is 0 Å². The molecule has 6 nitrogen and oxygen atoms in total. The van der Waals surface area contributed by atoms with Crippen LogP contribution in [0.15, 0.2) is 18.2 Å². The van der Waals surface area contributed by atoms with Crippen LogP contribution in [0.1, 0.15) is 19.4 Å². The summed E-state index contributed by atoms with van der Waals surface area (Å²) in [7, 11) is 0. The van der Waals surface area contributed by atoms with E-state index in [-0.39, 0.29) is 12.0 Å². The molecular weight excluding hydrogens is 292 g/mol. The second-order valence-corrected chi connectivity index (χ2v) is 4.64. The van der Waals surface area contributed by atoms with Gasteiger partial charge in [0.2, 0.25) is 5.95 Å². The number of halogens is 1. The third-order valence-electron chi connectivity index (χ3n) is 2.55. The Kier molecular flexibility index (Phi) is 5.16. The number of anilines is 1. The highest BCUT2D eigenvalue weighted by atomic mass is 35.5. The second kappa shape index (κ2) is 7.08.